The molecule has 1 aliphatic carbocycles. The Morgan fingerprint density at radius 2 is 2.25 bits per heavy atom. The van der Waals surface area contributed by atoms with Crippen LogP contribution >= 0.6 is 0 Å². The fraction of sp³-hybridized carbons (Fsp3) is 0.462. The van der Waals surface area contributed by atoms with Gasteiger partial charge in [-0.3, -0.25) is 0 Å². The van der Waals surface area contributed by atoms with E-state index >= 15 is 0 Å². The zero-order valence-corrected chi connectivity index (χ0v) is 9.83. The molecule has 0 saturated heterocycles. The molecule has 1 aliphatic rings. The molecule has 16 heavy (non-hydrogen) atoms. The fourth-order valence-corrected chi connectivity index (χ4v) is 2.50. The highest BCUT2D eigenvalue weighted by molar-refractivity contribution is 5.74. The third-order valence-corrected chi connectivity index (χ3v) is 3.61. The van der Waals surface area contributed by atoms with E-state index in [-0.39, 0.29) is 0 Å². The molecule has 0 spiro atoms. The van der Waals surface area contributed by atoms with E-state index in [9.17, 15) is 0 Å². The highest BCUT2D eigenvalue weighted by Crippen LogP contribution is 2.37. The van der Waals surface area contributed by atoms with Crippen molar-refractivity contribution in [1.82, 2.24) is 9.38 Å². The molecular formula is C13H17N3. The van der Waals surface area contributed by atoms with E-state index in [1.165, 1.54) is 30.6 Å². The van der Waals surface area contributed by atoms with Gasteiger partial charge in [0.15, 0.2) is 0 Å². The largest absolute Gasteiger partial charge is 0.386 e. The van der Waals surface area contributed by atoms with E-state index in [0.717, 1.165) is 11.4 Å². The Balaban J connectivity index is 2.24. The maximum Gasteiger partial charge on any atom is 0.116 e. The second kappa shape index (κ2) is 3.51. The Morgan fingerprint density at radius 3 is 2.88 bits per heavy atom. The SMILES string of the molecule is CNc1cccn2c(C3CCC3)nc(C)c12. The number of hydrogen-bond donors (Lipinski definition) is 1. The molecule has 1 fully saturated rings. The molecule has 2 heterocycles. The van der Waals surface area contributed by atoms with Gasteiger partial charge in [-0.1, -0.05) is 6.42 Å². The third kappa shape index (κ3) is 1.24. The average Bonchev–Trinajstić information content (AvgIpc) is 2.54. The topological polar surface area (TPSA) is 29.3 Å². The van der Waals surface area contributed by atoms with Crippen molar-refractivity contribution in [3.8, 4) is 0 Å². The molecule has 3 heteroatoms. The van der Waals surface area contributed by atoms with Crippen LogP contribution in [0.4, 0.5) is 5.69 Å². The van der Waals surface area contributed by atoms with E-state index in [4.69, 9.17) is 4.98 Å². The fourth-order valence-electron chi connectivity index (χ4n) is 2.50. The van der Waals surface area contributed by atoms with Crippen LogP contribution in [0.3, 0.4) is 0 Å². The van der Waals surface area contributed by atoms with Crippen LogP contribution in [0.25, 0.3) is 5.52 Å². The number of aryl methyl sites for hydroxylation is 1. The van der Waals surface area contributed by atoms with Crippen molar-refractivity contribution >= 4 is 11.2 Å². The van der Waals surface area contributed by atoms with Crippen molar-refractivity contribution < 1.29 is 0 Å². The van der Waals surface area contributed by atoms with E-state index in [1.54, 1.807) is 0 Å². The highest BCUT2D eigenvalue weighted by Gasteiger charge is 2.25. The van der Waals surface area contributed by atoms with Gasteiger partial charge in [0.25, 0.3) is 0 Å². The van der Waals surface area contributed by atoms with Gasteiger partial charge in [0, 0.05) is 19.2 Å². The molecule has 2 aromatic heterocycles. The molecule has 0 aromatic carbocycles. The molecular weight excluding hydrogens is 198 g/mol. The predicted molar refractivity (Wildman–Crippen MR) is 66.1 cm³/mol. The van der Waals surface area contributed by atoms with E-state index in [2.05, 4.69) is 35.0 Å². The van der Waals surface area contributed by atoms with Crippen LogP contribution in [-0.4, -0.2) is 16.4 Å². The van der Waals surface area contributed by atoms with Gasteiger partial charge in [-0.2, -0.15) is 0 Å². The lowest BCUT2D eigenvalue weighted by atomic mass is 9.85. The normalized spacial score (nSPS) is 16.4. The Bertz CT molecular complexity index is 523. The highest BCUT2D eigenvalue weighted by atomic mass is 15.0. The summed E-state index contributed by atoms with van der Waals surface area (Å²) in [5.74, 6) is 1.92. The zero-order chi connectivity index (χ0) is 11.1. The standard InChI is InChI=1S/C13H17N3/c1-9-12-11(14-2)7-4-8-16(12)13(15-9)10-5-3-6-10/h4,7-8,10,14H,3,5-6H2,1-2H3. The number of hydrogen-bond acceptors (Lipinski definition) is 2. The first kappa shape index (κ1) is 9.70. The van der Waals surface area contributed by atoms with Gasteiger partial charge >= 0.3 is 0 Å². The van der Waals surface area contributed by atoms with E-state index in [0.29, 0.717) is 5.92 Å². The molecule has 1 saturated carbocycles. The summed E-state index contributed by atoms with van der Waals surface area (Å²) in [6.07, 6.45) is 6.07. The van der Waals surface area contributed by atoms with Crippen LogP contribution in [0.2, 0.25) is 0 Å². The summed E-state index contributed by atoms with van der Waals surface area (Å²) in [7, 11) is 1.96. The van der Waals surface area contributed by atoms with Crippen LogP contribution in [-0.2, 0) is 0 Å². The lowest BCUT2D eigenvalue weighted by Crippen LogP contribution is -2.12. The summed E-state index contributed by atoms with van der Waals surface area (Å²) in [5, 5.41) is 3.24. The number of aromatic nitrogens is 2. The average molecular weight is 215 g/mol. The van der Waals surface area contributed by atoms with Crippen LogP contribution in [0.5, 0.6) is 0 Å². The molecule has 0 amide bonds. The Labute approximate surface area is 95.5 Å². The monoisotopic (exact) mass is 215 g/mol. The summed E-state index contributed by atoms with van der Waals surface area (Å²) in [6.45, 7) is 2.10. The number of anilines is 1. The second-order valence-corrected chi connectivity index (χ2v) is 4.57. The first-order valence-corrected chi connectivity index (χ1v) is 5.96. The summed E-state index contributed by atoms with van der Waals surface area (Å²) < 4.78 is 2.25. The van der Waals surface area contributed by atoms with Crippen molar-refractivity contribution in [1.29, 1.82) is 0 Å². The van der Waals surface area contributed by atoms with Crippen LogP contribution in [0.1, 0.15) is 36.7 Å². The maximum absolute atomic E-state index is 4.74. The smallest absolute Gasteiger partial charge is 0.116 e. The molecule has 0 bridgehead atoms. The van der Waals surface area contributed by atoms with Gasteiger partial charge in [0.1, 0.15) is 5.82 Å². The van der Waals surface area contributed by atoms with Gasteiger partial charge in [-0.05, 0) is 31.9 Å². The van der Waals surface area contributed by atoms with Crippen LogP contribution < -0.4 is 5.32 Å². The van der Waals surface area contributed by atoms with Crippen molar-refractivity contribution in [3.63, 3.8) is 0 Å². The first-order chi connectivity index (χ1) is 7.81. The van der Waals surface area contributed by atoms with Crippen molar-refractivity contribution in [2.75, 3.05) is 12.4 Å². The van der Waals surface area contributed by atoms with Crippen LogP contribution in [0.15, 0.2) is 18.3 Å². The maximum atomic E-state index is 4.74. The first-order valence-electron chi connectivity index (χ1n) is 5.96. The van der Waals surface area contributed by atoms with Gasteiger partial charge in [-0.15, -0.1) is 0 Å². The molecule has 3 rings (SSSR count). The third-order valence-electron chi connectivity index (χ3n) is 3.61. The number of rotatable bonds is 2. The van der Waals surface area contributed by atoms with Crippen molar-refractivity contribution in [2.45, 2.75) is 32.1 Å². The lowest BCUT2D eigenvalue weighted by Gasteiger charge is -2.24. The Morgan fingerprint density at radius 1 is 1.44 bits per heavy atom. The Kier molecular flexibility index (Phi) is 2.13. The molecule has 3 nitrogen and oxygen atoms in total. The van der Waals surface area contributed by atoms with Gasteiger partial charge in [0.2, 0.25) is 0 Å². The Hall–Kier alpha value is -1.51. The van der Waals surface area contributed by atoms with E-state index in [1.807, 2.05) is 7.05 Å². The quantitative estimate of drug-likeness (QED) is 0.834. The van der Waals surface area contributed by atoms with Crippen LogP contribution in [0, 0.1) is 6.92 Å². The molecule has 2 aromatic rings. The van der Waals surface area contributed by atoms with Gasteiger partial charge in [0.05, 0.1) is 16.9 Å². The lowest BCUT2D eigenvalue weighted by molar-refractivity contribution is 0.400. The minimum atomic E-state index is 0.674. The molecule has 1 N–H and O–H groups in total. The van der Waals surface area contributed by atoms with E-state index < -0.39 is 0 Å². The summed E-state index contributed by atoms with van der Waals surface area (Å²) in [5.41, 5.74) is 3.52. The molecule has 0 atom stereocenters. The van der Waals surface area contributed by atoms with Crippen molar-refractivity contribution in [2.24, 2.45) is 0 Å². The predicted octanol–water partition coefficient (Wildman–Crippen LogP) is 2.95. The second-order valence-electron chi connectivity index (χ2n) is 4.57. The minimum absolute atomic E-state index is 0.674. The van der Waals surface area contributed by atoms with Gasteiger partial charge < -0.3 is 9.72 Å². The summed E-state index contributed by atoms with van der Waals surface area (Å²) >= 11 is 0. The zero-order valence-electron chi connectivity index (χ0n) is 9.83. The number of fused-ring (bicyclic) bond motifs is 1. The summed E-state index contributed by atoms with van der Waals surface area (Å²) in [4.78, 5) is 4.74. The molecule has 0 radical (unpaired) electrons. The molecule has 0 aliphatic heterocycles. The minimum Gasteiger partial charge on any atom is -0.386 e. The number of nitrogens with one attached hydrogen (secondary N) is 1. The summed E-state index contributed by atoms with van der Waals surface area (Å²) in [6, 6.07) is 4.19. The number of nitrogens with zero attached hydrogens (tertiary/aromatic N) is 2. The number of pyridine rings is 1. The van der Waals surface area contributed by atoms with Crippen molar-refractivity contribution in [3.05, 3.63) is 29.8 Å². The number of imidazole rings is 1. The molecule has 84 valence electrons. The molecule has 0 unspecified atom stereocenters. The van der Waals surface area contributed by atoms with Gasteiger partial charge in [-0.25, -0.2) is 4.98 Å².